The summed E-state index contributed by atoms with van der Waals surface area (Å²) >= 11 is -0.0941. The molecule has 0 atom stereocenters. The van der Waals surface area contributed by atoms with Crippen molar-refractivity contribution >= 4 is 45.2 Å². The average Bonchev–Trinajstić information content (AvgIpc) is 2.07. The zero-order valence-electron chi connectivity index (χ0n) is 9.43. The summed E-state index contributed by atoms with van der Waals surface area (Å²) in [6, 6.07) is 0. The van der Waals surface area contributed by atoms with Gasteiger partial charge in [-0.2, -0.15) is 0 Å². The van der Waals surface area contributed by atoms with Gasteiger partial charge in [-0.1, -0.05) is 27.7 Å². The molecule has 1 radical (unpaired) electrons. The molecule has 0 fully saturated rings. The normalized spacial score (nSPS) is 10.2. The molecule has 0 rings (SSSR count). The van der Waals surface area contributed by atoms with Crippen molar-refractivity contribution in [2.75, 3.05) is 26.2 Å². The van der Waals surface area contributed by atoms with Crippen LogP contribution in [0, 0.1) is 0 Å². The minimum atomic E-state index is -0.0941. The maximum Gasteiger partial charge on any atom is 0.463 e. The number of rotatable bonds is 6. The number of nitrogens with zero attached hydrogens (tertiary/aromatic N) is 2. The van der Waals surface area contributed by atoms with Crippen molar-refractivity contribution in [3.63, 3.8) is 0 Å². The van der Waals surface area contributed by atoms with Crippen molar-refractivity contribution in [3.8, 4) is 0 Å². The molecule has 0 aromatic rings. The molecule has 2 nitrogen and oxygen atoms in total. The molecule has 12 heavy (non-hydrogen) atoms. The van der Waals surface area contributed by atoms with Crippen molar-refractivity contribution in [1.29, 1.82) is 0 Å². The molecule has 0 aromatic carbocycles. The molecule has 0 saturated heterocycles. The minimum absolute atomic E-state index is 0. The summed E-state index contributed by atoms with van der Waals surface area (Å²) in [6.45, 7) is 13.9. The summed E-state index contributed by atoms with van der Waals surface area (Å²) in [5, 5.41) is 0. The molecular formula is C8H21AlN2Na. The number of hydrogen-bond acceptors (Lipinski definition) is 2. The molecule has 0 spiro atoms. The number of hydrogen-bond donors (Lipinski definition) is 0. The second kappa shape index (κ2) is 10.5. The molecule has 0 aliphatic heterocycles. The smallest absolute Gasteiger partial charge is 0.374 e. The monoisotopic (exact) mass is 195 g/mol. The fourth-order valence-corrected chi connectivity index (χ4v) is 2.50. The van der Waals surface area contributed by atoms with Crippen LogP contribution in [-0.2, 0) is 0 Å². The van der Waals surface area contributed by atoms with E-state index in [4.69, 9.17) is 0 Å². The Hall–Kier alpha value is 1.45. The third-order valence-corrected chi connectivity index (χ3v) is 4.78. The molecule has 0 aromatic heterocycles. The van der Waals surface area contributed by atoms with E-state index in [-0.39, 0.29) is 45.2 Å². The second-order valence-electron chi connectivity index (χ2n) is 2.75. The molecule has 0 unspecified atom stereocenters. The van der Waals surface area contributed by atoms with Crippen molar-refractivity contribution in [2.45, 2.75) is 27.7 Å². The molecule has 0 saturated carbocycles. The molecule has 0 aliphatic carbocycles. The van der Waals surface area contributed by atoms with Gasteiger partial charge in [0.05, 0.1) is 0 Å². The predicted octanol–water partition coefficient (Wildman–Crippen LogP) is 0.556. The zero-order chi connectivity index (χ0) is 8.69. The molecule has 0 aliphatic rings. The van der Waals surface area contributed by atoms with Crippen molar-refractivity contribution in [1.82, 2.24) is 7.77 Å². The quantitative estimate of drug-likeness (QED) is 0.571. The van der Waals surface area contributed by atoms with Gasteiger partial charge in [0.1, 0.15) is 0 Å². The standard InChI is InChI=1S/2C4H10N.Al.Na.H/c2*1-3-5-4-2;;;/h2*3-4H2,1-2H3;;;/q2*-1;+2;;. The van der Waals surface area contributed by atoms with Crippen LogP contribution in [0.25, 0.3) is 0 Å². The molecule has 4 heteroatoms. The van der Waals surface area contributed by atoms with Gasteiger partial charge in [0, 0.05) is 29.6 Å². The summed E-state index contributed by atoms with van der Waals surface area (Å²) in [6.07, 6.45) is 0. The topological polar surface area (TPSA) is 6.48 Å². The first-order valence-electron chi connectivity index (χ1n) is 4.73. The second-order valence-corrected chi connectivity index (χ2v) is 4.82. The summed E-state index contributed by atoms with van der Waals surface area (Å²) in [4.78, 5) is 0. The van der Waals surface area contributed by atoms with E-state index in [2.05, 4.69) is 35.5 Å². The maximum atomic E-state index is 2.58. The van der Waals surface area contributed by atoms with Crippen LogP contribution >= 0.6 is 0 Å². The van der Waals surface area contributed by atoms with E-state index in [1.807, 2.05) is 0 Å². The minimum Gasteiger partial charge on any atom is -0.374 e. The van der Waals surface area contributed by atoms with Gasteiger partial charge in [-0.25, -0.2) is 0 Å². The van der Waals surface area contributed by atoms with Gasteiger partial charge in [-0.3, -0.25) is 0 Å². The first-order valence-corrected chi connectivity index (χ1v) is 5.99. The molecule has 0 heterocycles. The van der Waals surface area contributed by atoms with E-state index >= 15 is 0 Å². The van der Waals surface area contributed by atoms with E-state index < -0.39 is 0 Å². The van der Waals surface area contributed by atoms with Gasteiger partial charge in [-0.15, -0.1) is 0 Å². The fraction of sp³-hybridized carbons (Fsp3) is 1.00. The molecule has 0 N–H and O–H groups in total. The van der Waals surface area contributed by atoms with Crippen LogP contribution in [0.2, 0.25) is 0 Å². The van der Waals surface area contributed by atoms with Crippen LogP contribution in [0.3, 0.4) is 0 Å². The van der Waals surface area contributed by atoms with Crippen LogP contribution in [0.1, 0.15) is 27.7 Å². The predicted molar refractivity (Wildman–Crippen MR) is 58.7 cm³/mol. The average molecular weight is 195 g/mol. The first-order chi connectivity index (χ1) is 5.28. The van der Waals surface area contributed by atoms with Gasteiger partial charge >= 0.3 is 15.7 Å². The van der Waals surface area contributed by atoms with Gasteiger partial charge in [-0.05, 0) is 26.2 Å². The van der Waals surface area contributed by atoms with Gasteiger partial charge in [0.25, 0.3) is 0 Å². The van der Waals surface area contributed by atoms with Crippen LogP contribution in [0.15, 0.2) is 0 Å². The summed E-state index contributed by atoms with van der Waals surface area (Å²) in [7, 11) is 0. The van der Waals surface area contributed by atoms with E-state index in [0.29, 0.717) is 0 Å². The van der Waals surface area contributed by atoms with Crippen LogP contribution < -0.4 is 0 Å². The summed E-state index contributed by atoms with van der Waals surface area (Å²) in [5.41, 5.74) is 0. The SMILES string of the molecule is CC[N](CC)[AlH][N](CC)CC.[Na]. The Morgan fingerprint density at radius 3 is 1.17 bits per heavy atom. The summed E-state index contributed by atoms with van der Waals surface area (Å²) in [5.74, 6) is 0. The van der Waals surface area contributed by atoms with E-state index in [0.717, 1.165) is 0 Å². The van der Waals surface area contributed by atoms with E-state index in [1.54, 1.807) is 0 Å². The van der Waals surface area contributed by atoms with Gasteiger partial charge in [0.2, 0.25) is 0 Å². The maximum absolute atomic E-state index is 2.58. The van der Waals surface area contributed by atoms with E-state index in [1.165, 1.54) is 26.2 Å². The zero-order valence-corrected chi connectivity index (χ0v) is 12.8. The van der Waals surface area contributed by atoms with Gasteiger partial charge < -0.3 is 7.77 Å². The Morgan fingerprint density at radius 1 is 0.750 bits per heavy atom. The van der Waals surface area contributed by atoms with Gasteiger partial charge in [0.15, 0.2) is 0 Å². The Bertz CT molecular complexity index is 75.1. The van der Waals surface area contributed by atoms with Crippen molar-refractivity contribution in [3.05, 3.63) is 0 Å². The van der Waals surface area contributed by atoms with Crippen LogP contribution in [0.4, 0.5) is 0 Å². The van der Waals surface area contributed by atoms with Crippen LogP contribution in [0.5, 0.6) is 0 Å². The Kier molecular flexibility index (Phi) is 14.0. The van der Waals surface area contributed by atoms with E-state index in [9.17, 15) is 0 Å². The van der Waals surface area contributed by atoms with Crippen LogP contribution in [-0.4, -0.2) is 79.2 Å². The molecule has 0 amide bonds. The Morgan fingerprint density at radius 2 is 1.00 bits per heavy atom. The largest absolute Gasteiger partial charge is 0.463 e. The molecular weight excluding hydrogens is 174 g/mol. The first kappa shape index (κ1) is 15.9. The third-order valence-electron chi connectivity index (χ3n) is 2.19. The third kappa shape index (κ3) is 6.91. The van der Waals surface area contributed by atoms with Crippen molar-refractivity contribution < 1.29 is 0 Å². The molecule has 67 valence electrons. The molecule has 0 bridgehead atoms. The Balaban J connectivity index is 0. The Labute approximate surface area is 106 Å². The fourth-order valence-electron chi connectivity index (χ4n) is 1.13. The van der Waals surface area contributed by atoms with Crippen molar-refractivity contribution in [2.24, 2.45) is 0 Å². The summed E-state index contributed by atoms with van der Waals surface area (Å²) < 4.78 is 5.15.